The minimum Gasteiger partial charge on any atom is -0.362 e. The lowest BCUT2D eigenvalue weighted by molar-refractivity contribution is 0.0926. The van der Waals surface area contributed by atoms with E-state index in [1.54, 1.807) is 0 Å². The van der Waals surface area contributed by atoms with Gasteiger partial charge in [0.15, 0.2) is 0 Å². The van der Waals surface area contributed by atoms with Crippen molar-refractivity contribution in [2.75, 3.05) is 24.3 Å². The van der Waals surface area contributed by atoms with Gasteiger partial charge in [-0.3, -0.25) is 4.79 Å². The van der Waals surface area contributed by atoms with Crippen LogP contribution in [0.25, 0.3) is 10.9 Å². The molecule has 2 aromatic carbocycles. The summed E-state index contributed by atoms with van der Waals surface area (Å²) in [6.07, 6.45) is 3.43. The van der Waals surface area contributed by atoms with Crippen LogP contribution in [0.3, 0.4) is 0 Å². The van der Waals surface area contributed by atoms with E-state index in [1.807, 2.05) is 43.3 Å². The number of amides is 1. The number of benzene rings is 2. The van der Waals surface area contributed by atoms with Crippen molar-refractivity contribution in [2.45, 2.75) is 37.8 Å². The van der Waals surface area contributed by atoms with Gasteiger partial charge in [-0.1, -0.05) is 23.7 Å². The number of para-hydroxylation sites is 1. The molecule has 1 amide bonds. The van der Waals surface area contributed by atoms with Gasteiger partial charge in [-0.05, 0) is 56.0 Å². The molecule has 1 saturated carbocycles. The fourth-order valence-electron chi connectivity index (χ4n) is 3.97. The SMILES string of the molecule is CN(C)c1nc(N[C@H]2CC[C@@H](NC(=O)c3ccc(F)cc3Cl)CC2)nc2ccccc12. The first-order valence-corrected chi connectivity index (χ1v) is 10.7. The lowest BCUT2D eigenvalue weighted by atomic mass is 9.91. The number of anilines is 2. The number of nitrogens with one attached hydrogen (secondary N) is 2. The zero-order chi connectivity index (χ0) is 22.0. The molecule has 0 atom stereocenters. The van der Waals surface area contributed by atoms with Crippen LogP contribution in [0.4, 0.5) is 16.2 Å². The molecule has 1 aliphatic rings. The molecular formula is C23H25ClFN5O. The monoisotopic (exact) mass is 441 g/mol. The number of fused-ring (bicyclic) bond motifs is 1. The molecule has 0 saturated heterocycles. The first-order chi connectivity index (χ1) is 14.9. The van der Waals surface area contributed by atoms with Gasteiger partial charge in [-0.2, -0.15) is 4.98 Å². The van der Waals surface area contributed by atoms with E-state index in [-0.39, 0.29) is 23.0 Å². The van der Waals surface area contributed by atoms with Gasteiger partial charge < -0.3 is 15.5 Å². The summed E-state index contributed by atoms with van der Waals surface area (Å²) >= 11 is 6.00. The Morgan fingerprint density at radius 3 is 2.48 bits per heavy atom. The van der Waals surface area contributed by atoms with Crippen LogP contribution in [-0.4, -0.2) is 42.1 Å². The first kappa shape index (κ1) is 21.3. The molecule has 0 aliphatic heterocycles. The molecular weight excluding hydrogens is 417 g/mol. The molecule has 1 heterocycles. The highest BCUT2D eigenvalue weighted by Crippen LogP contribution is 2.27. The molecule has 31 heavy (non-hydrogen) atoms. The van der Waals surface area contributed by atoms with Crippen LogP contribution >= 0.6 is 11.6 Å². The summed E-state index contributed by atoms with van der Waals surface area (Å²) < 4.78 is 13.2. The van der Waals surface area contributed by atoms with Crippen LogP contribution in [0.15, 0.2) is 42.5 Å². The van der Waals surface area contributed by atoms with Gasteiger partial charge in [-0.25, -0.2) is 9.37 Å². The number of rotatable bonds is 5. The molecule has 1 aromatic heterocycles. The van der Waals surface area contributed by atoms with Crippen LogP contribution in [-0.2, 0) is 0 Å². The quantitative estimate of drug-likeness (QED) is 0.603. The van der Waals surface area contributed by atoms with Gasteiger partial charge in [0.1, 0.15) is 11.6 Å². The standard InChI is InChI=1S/C23H25ClFN5O/c1-30(2)21-18-5-3-4-6-20(18)28-23(29-21)27-16-10-8-15(9-11-16)26-22(31)17-12-7-14(25)13-19(17)24/h3-7,12-13,15-16H,8-11H2,1-2H3,(H,26,31)(H,27,28,29)/t15-,16+. The lowest BCUT2D eigenvalue weighted by Gasteiger charge is -2.30. The number of carbonyl (C=O) groups is 1. The topological polar surface area (TPSA) is 70.2 Å². The Morgan fingerprint density at radius 1 is 1.06 bits per heavy atom. The molecule has 6 nitrogen and oxygen atoms in total. The first-order valence-electron chi connectivity index (χ1n) is 10.4. The number of hydrogen-bond acceptors (Lipinski definition) is 5. The number of hydrogen-bond donors (Lipinski definition) is 2. The summed E-state index contributed by atoms with van der Waals surface area (Å²) in [5.41, 5.74) is 1.20. The Hall–Kier alpha value is -2.93. The van der Waals surface area contributed by atoms with Crippen molar-refractivity contribution in [3.63, 3.8) is 0 Å². The summed E-state index contributed by atoms with van der Waals surface area (Å²) in [6, 6.07) is 12.1. The predicted octanol–water partition coefficient (Wildman–Crippen LogP) is 4.64. The molecule has 162 valence electrons. The minimum absolute atomic E-state index is 0.0570. The van der Waals surface area contributed by atoms with Gasteiger partial charge >= 0.3 is 0 Å². The predicted molar refractivity (Wildman–Crippen MR) is 122 cm³/mol. The average Bonchev–Trinajstić information content (AvgIpc) is 2.74. The summed E-state index contributed by atoms with van der Waals surface area (Å²) in [4.78, 5) is 23.9. The minimum atomic E-state index is -0.457. The average molecular weight is 442 g/mol. The lowest BCUT2D eigenvalue weighted by Crippen LogP contribution is -2.40. The molecule has 0 spiro atoms. The molecule has 0 unspecified atom stereocenters. The second kappa shape index (κ2) is 9.06. The van der Waals surface area contributed by atoms with Crippen LogP contribution in [0, 0.1) is 5.82 Å². The Balaban J connectivity index is 1.38. The van der Waals surface area contributed by atoms with E-state index >= 15 is 0 Å². The highest BCUT2D eigenvalue weighted by atomic mass is 35.5. The van der Waals surface area contributed by atoms with Gasteiger partial charge in [0.05, 0.1) is 16.1 Å². The van der Waals surface area contributed by atoms with E-state index in [4.69, 9.17) is 16.6 Å². The van der Waals surface area contributed by atoms with Crippen molar-refractivity contribution in [2.24, 2.45) is 0 Å². The Labute approximate surface area is 185 Å². The van der Waals surface area contributed by atoms with Gasteiger partial charge in [0.25, 0.3) is 5.91 Å². The summed E-state index contributed by atoms with van der Waals surface area (Å²) in [7, 11) is 3.94. The van der Waals surface area contributed by atoms with Crippen LogP contribution < -0.4 is 15.5 Å². The number of halogens is 2. The van der Waals surface area contributed by atoms with E-state index in [0.717, 1.165) is 48.5 Å². The maximum absolute atomic E-state index is 13.2. The Bertz CT molecular complexity index is 1100. The number of carbonyl (C=O) groups excluding carboxylic acids is 1. The van der Waals surface area contributed by atoms with E-state index in [2.05, 4.69) is 15.6 Å². The Kier molecular flexibility index (Phi) is 6.23. The summed E-state index contributed by atoms with van der Waals surface area (Å²) in [6.45, 7) is 0. The highest BCUT2D eigenvalue weighted by molar-refractivity contribution is 6.33. The van der Waals surface area contributed by atoms with E-state index in [1.165, 1.54) is 12.1 Å². The van der Waals surface area contributed by atoms with Gasteiger partial charge in [-0.15, -0.1) is 0 Å². The fourth-order valence-corrected chi connectivity index (χ4v) is 4.22. The molecule has 1 aliphatic carbocycles. The van der Waals surface area contributed by atoms with Gasteiger partial charge in [0, 0.05) is 31.6 Å². The third-order valence-electron chi connectivity index (χ3n) is 5.58. The van der Waals surface area contributed by atoms with Crippen LogP contribution in [0.5, 0.6) is 0 Å². The van der Waals surface area contributed by atoms with E-state index in [0.29, 0.717) is 11.5 Å². The smallest absolute Gasteiger partial charge is 0.253 e. The molecule has 0 bridgehead atoms. The summed E-state index contributed by atoms with van der Waals surface area (Å²) in [5.74, 6) is 0.773. The Morgan fingerprint density at radius 2 is 1.77 bits per heavy atom. The van der Waals surface area contributed by atoms with Crippen molar-refractivity contribution in [3.8, 4) is 0 Å². The third kappa shape index (κ3) is 4.88. The zero-order valence-electron chi connectivity index (χ0n) is 17.5. The molecule has 4 rings (SSSR count). The third-order valence-corrected chi connectivity index (χ3v) is 5.89. The number of aromatic nitrogens is 2. The second-order valence-electron chi connectivity index (χ2n) is 8.07. The molecule has 8 heteroatoms. The van der Waals surface area contributed by atoms with Crippen molar-refractivity contribution in [1.29, 1.82) is 0 Å². The van der Waals surface area contributed by atoms with Crippen molar-refractivity contribution < 1.29 is 9.18 Å². The zero-order valence-corrected chi connectivity index (χ0v) is 18.3. The maximum atomic E-state index is 13.2. The normalized spacial score (nSPS) is 18.6. The van der Waals surface area contributed by atoms with Crippen molar-refractivity contribution in [3.05, 3.63) is 58.9 Å². The highest BCUT2D eigenvalue weighted by Gasteiger charge is 2.24. The second-order valence-corrected chi connectivity index (χ2v) is 8.48. The van der Waals surface area contributed by atoms with Crippen molar-refractivity contribution in [1.82, 2.24) is 15.3 Å². The van der Waals surface area contributed by atoms with Crippen molar-refractivity contribution >= 4 is 40.2 Å². The van der Waals surface area contributed by atoms with E-state index in [9.17, 15) is 9.18 Å². The molecule has 3 aromatic rings. The van der Waals surface area contributed by atoms with E-state index < -0.39 is 5.82 Å². The molecule has 2 N–H and O–H groups in total. The van der Waals surface area contributed by atoms with Gasteiger partial charge in [0.2, 0.25) is 5.95 Å². The number of nitrogens with zero attached hydrogens (tertiary/aromatic N) is 3. The van der Waals surface area contributed by atoms with Crippen LogP contribution in [0.1, 0.15) is 36.0 Å². The fraction of sp³-hybridized carbons (Fsp3) is 0.348. The largest absolute Gasteiger partial charge is 0.362 e. The van der Waals surface area contributed by atoms with Crippen LogP contribution in [0.2, 0.25) is 5.02 Å². The summed E-state index contributed by atoms with van der Waals surface area (Å²) in [5, 5.41) is 7.62. The maximum Gasteiger partial charge on any atom is 0.253 e. The molecule has 1 fully saturated rings. The molecule has 0 radical (unpaired) electrons.